The molecule has 0 saturated carbocycles. The molecule has 0 aromatic carbocycles. The van der Waals surface area contributed by atoms with Gasteiger partial charge in [-0.3, -0.25) is 10.2 Å². The number of amides is 1. The minimum atomic E-state index is 0.0666. The fourth-order valence-corrected chi connectivity index (χ4v) is 1.51. The summed E-state index contributed by atoms with van der Waals surface area (Å²) in [6.45, 7) is 1.05. The number of hydrazine groups is 1. The highest BCUT2D eigenvalue weighted by atomic mass is 16.2. The molecule has 1 heterocycles. The van der Waals surface area contributed by atoms with Crippen molar-refractivity contribution < 1.29 is 4.79 Å². The average molecular weight is 171 g/mol. The molecule has 0 aromatic rings. The molecule has 1 atom stereocenters. The molecule has 0 bridgehead atoms. The normalized spacial score (nSPS) is 23.6. The Morgan fingerprint density at radius 2 is 2.42 bits per heavy atom. The van der Waals surface area contributed by atoms with E-state index in [9.17, 15) is 4.79 Å². The van der Waals surface area contributed by atoms with Crippen LogP contribution in [0.25, 0.3) is 0 Å². The van der Waals surface area contributed by atoms with Crippen molar-refractivity contribution >= 4 is 5.91 Å². The van der Waals surface area contributed by atoms with Gasteiger partial charge in [-0.25, -0.2) is 5.43 Å². The Labute approximate surface area is 73.1 Å². The van der Waals surface area contributed by atoms with Gasteiger partial charge in [-0.2, -0.15) is 0 Å². The molecule has 0 aromatic heterocycles. The van der Waals surface area contributed by atoms with Gasteiger partial charge in [0.25, 0.3) is 0 Å². The van der Waals surface area contributed by atoms with E-state index in [0.717, 1.165) is 13.0 Å². The molecule has 0 spiro atoms. The molecule has 4 nitrogen and oxygen atoms in total. The molecule has 1 rings (SSSR count). The summed E-state index contributed by atoms with van der Waals surface area (Å²) in [7, 11) is 1.70. The minimum absolute atomic E-state index is 0.0666. The van der Waals surface area contributed by atoms with Gasteiger partial charge in [-0.15, -0.1) is 0 Å². The Bertz CT molecular complexity index is 143. The average Bonchev–Trinajstić information content (AvgIpc) is 2.06. The van der Waals surface area contributed by atoms with Crippen LogP contribution in [-0.2, 0) is 4.79 Å². The Morgan fingerprint density at radius 3 is 3.00 bits per heavy atom. The number of piperidine rings is 1. The van der Waals surface area contributed by atoms with Crippen LogP contribution in [0, 0.1) is 0 Å². The first-order valence-electron chi connectivity index (χ1n) is 4.52. The van der Waals surface area contributed by atoms with E-state index in [2.05, 4.69) is 16.2 Å². The quantitative estimate of drug-likeness (QED) is 0.514. The van der Waals surface area contributed by atoms with Crippen molar-refractivity contribution in [3.8, 4) is 0 Å². The molecule has 1 aliphatic rings. The molecule has 4 heteroatoms. The van der Waals surface area contributed by atoms with Crippen molar-refractivity contribution in [3.63, 3.8) is 0 Å². The van der Waals surface area contributed by atoms with Crippen molar-refractivity contribution in [2.24, 2.45) is 0 Å². The summed E-state index contributed by atoms with van der Waals surface area (Å²) >= 11 is 0. The molecule has 70 valence electrons. The second-order valence-electron chi connectivity index (χ2n) is 3.15. The highest BCUT2D eigenvalue weighted by Crippen LogP contribution is 2.09. The molecule has 1 aliphatic heterocycles. The van der Waals surface area contributed by atoms with E-state index < -0.39 is 0 Å². The molecule has 12 heavy (non-hydrogen) atoms. The van der Waals surface area contributed by atoms with Crippen LogP contribution in [0.3, 0.4) is 0 Å². The van der Waals surface area contributed by atoms with Crippen LogP contribution in [0.2, 0.25) is 0 Å². The predicted octanol–water partition coefficient (Wildman–Crippen LogP) is -0.231. The van der Waals surface area contributed by atoms with Crippen LogP contribution < -0.4 is 16.2 Å². The van der Waals surface area contributed by atoms with Crippen LogP contribution >= 0.6 is 0 Å². The summed E-state index contributed by atoms with van der Waals surface area (Å²) in [4.78, 5) is 11.1. The zero-order valence-electron chi connectivity index (χ0n) is 7.52. The van der Waals surface area contributed by atoms with Crippen molar-refractivity contribution in [1.29, 1.82) is 0 Å². The van der Waals surface area contributed by atoms with Crippen molar-refractivity contribution in [1.82, 2.24) is 16.2 Å². The van der Waals surface area contributed by atoms with E-state index in [1.54, 1.807) is 7.05 Å². The first kappa shape index (κ1) is 9.48. The Kier molecular flexibility index (Phi) is 4.04. The summed E-state index contributed by atoms with van der Waals surface area (Å²) < 4.78 is 0. The topological polar surface area (TPSA) is 53.2 Å². The fraction of sp³-hybridized carbons (Fsp3) is 0.875. The van der Waals surface area contributed by atoms with E-state index in [-0.39, 0.29) is 5.91 Å². The van der Waals surface area contributed by atoms with Crippen LogP contribution in [0.1, 0.15) is 25.7 Å². The second kappa shape index (κ2) is 5.11. The number of rotatable bonds is 3. The number of carbonyl (C=O) groups is 1. The van der Waals surface area contributed by atoms with Gasteiger partial charge in [-0.1, -0.05) is 6.42 Å². The van der Waals surface area contributed by atoms with Gasteiger partial charge in [0.1, 0.15) is 0 Å². The van der Waals surface area contributed by atoms with Gasteiger partial charge in [-0.05, 0) is 19.4 Å². The summed E-state index contributed by atoms with van der Waals surface area (Å²) in [6, 6.07) is 0.382. The standard InChI is InChI=1S/C8H17N3O/c1-9-11-8(12)6-7-4-2-3-5-10-7/h7,9-10H,2-6H2,1H3,(H,11,12). The third-order valence-electron chi connectivity index (χ3n) is 2.11. The van der Waals surface area contributed by atoms with Gasteiger partial charge < -0.3 is 5.32 Å². The molecule has 1 fully saturated rings. The maximum Gasteiger partial charge on any atom is 0.235 e. The fourth-order valence-electron chi connectivity index (χ4n) is 1.51. The first-order valence-corrected chi connectivity index (χ1v) is 4.52. The number of hydrogen-bond donors (Lipinski definition) is 3. The molecule has 0 aliphatic carbocycles. The van der Waals surface area contributed by atoms with E-state index >= 15 is 0 Å². The number of hydrogen-bond acceptors (Lipinski definition) is 3. The van der Waals surface area contributed by atoms with E-state index in [4.69, 9.17) is 0 Å². The maximum absolute atomic E-state index is 11.1. The first-order chi connectivity index (χ1) is 5.83. The molecule has 1 saturated heterocycles. The Morgan fingerprint density at radius 1 is 1.58 bits per heavy atom. The van der Waals surface area contributed by atoms with Crippen molar-refractivity contribution in [2.45, 2.75) is 31.7 Å². The van der Waals surface area contributed by atoms with Gasteiger partial charge in [0.15, 0.2) is 0 Å². The molecular formula is C8H17N3O. The largest absolute Gasteiger partial charge is 0.313 e. The molecule has 1 amide bonds. The van der Waals surface area contributed by atoms with Crippen LogP contribution in [0.4, 0.5) is 0 Å². The number of nitrogens with one attached hydrogen (secondary N) is 3. The summed E-state index contributed by atoms with van der Waals surface area (Å²) in [6.07, 6.45) is 4.19. The Hall–Kier alpha value is -0.610. The van der Waals surface area contributed by atoms with Gasteiger partial charge in [0, 0.05) is 19.5 Å². The van der Waals surface area contributed by atoms with Crippen LogP contribution in [0.15, 0.2) is 0 Å². The van der Waals surface area contributed by atoms with Crippen LogP contribution in [-0.4, -0.2) is 25.5 Å². The lowest BCUT2D eigenvalue weighted by Gasteiger charge is -2.22. The maximum atomic E-state index is 11.1. The van der Waals surface area contributed by atoms with E-state index in [1.807, 2.05) is 0 Å². The third-order valence-corrected chi connectivity index (χ3v) is 2.11. The minimum Gasteiger partial charge on any atom is -0.313 e. The van der Waals surface area contributed by atoms with E-state index in [0.29, 0.717) is 12.5 Å². The van der Waals surface area contributed by atoms with Crippen molar-refractivity contribution in [2.75, 3.05) is 13.6 Å². The predicted molar refractivity (Wildman–Crippen MR) is 47.5 cm³/mol. The highest BCUT2D eigenvalue weighted by Gasteiger charge is 2.15. The third kappa shape index (κ3) is 3.19. The summed E-state index contributed by atoms with van der Waals surface area (Å²) in [5.41, 5.74) is 5.19. The smallest absolute Gasteiger partial charge is 0.235 e. The lowest BCUT2D eigenvalue weighted by atomic mass is 10.0. The SMILES string of the molecule is CNNC(=O)CC1CCCCN1. The molecule has 1 unspecified atom stereocenters. The van der Waals surface area contributed by atoms with E-state index in [1.165, 1.54) is 12.8 Å². The lowest BCUT2D eigenvalue weighted by Crippen LogP contribution is -2.41. The molecular weight excluding hydrogens is 154 g/mol. The highest BCUT2D eigenvalue weighted by molar-refractivity contribution is 5.75. The van der Waals surface area contributed by atoms with Gasteiger partial charge in [0.2, 0.25) is 5.91 Å². The summed E-state index contributed by atoms with van der Waals surface area (Å²) in [5, 5.41) is 3.32. The lowest BCUT2D eigenvalue weighted by molar-refractivity contribution is -0.122. The zero-order valence-corrected chi connectivity index (χ0v) is 7.52. The monoisotopic (exact) mass is 171 g/mol. The molecule has 0 radical (unpaired) electrons. The second-order valence-corrected chi connectivity index (χ2v) is 3.15. The van der Waals surface area contributed by atoms with Gasteiger partial charge >= 0.3 is 0 Å². The van der Waals surface area contributed by atoms with Crippen LogP contribution in [0.5, 0.6) is 0 Å². The summed E-state index contributed by atoms with van der Waals surface area (Å²) in [5.74, 6) is 0.0666. The number of carbonyl (C=O) groups excluding carboxylic acids is 1. The Balaban J connectivity index is 2.15. The van der Waals surface area contributed by atoms with Crippen molar-refractivity contribution in [3.05, 3.63) is 0 Å². The zero-order chi connectivity index (χ0) is 8.81. The van der Waals surface area contributed by atoms with Gasteiger partial charge in [0.05, 0.1) is 0 Å². The molecule has 3 N–H and O–H groups in total.